The summed E-state index contributed by atoms with van der Waals surface area (Å²) in [5, 5.41) is 0. The Morgan fingerprint density at radius 3 is 2.65 bits per heavy atom. The zero-order chi connectivity index (χ0) is 22.4. The van der Waals surface area contributed by atoms with Crippen LogP contribution in [0.25, 0.3) is 0 Å². The van der Waals surface area contributed by atoms with Gasteiger partial charge in [-0.2, -0.15) is 0 Å². The lowest BCUT2D eigenvalue weighted by atomic mass is 9.88. The van der Waals surface area contributed by atoms with Crippen molar-refractivity contribution in [2.24, 2.45) is 0 Å². The van der Waals surface area contributed by atoms with E-state index in [2.05, 4.69) is 11.8 Å². The van der Waals surface area contributed by atoms with Crippen LogP contribution in [-0.4, -0.2) is 80.0 Å². The molecule has 3 rings (SSSR count). The molecule has 2 fully saturated rings. The van der Waals surface area contributed by atoms with Crippen molar-refractivity contribution < 1.29 is 19.0 Å². The maximum atomic E-state index is 13.1. The second kappa shape index (κ2) is 10.8. The lowest BCUT2D eigenvalue weighted by Crippen LogP contribution is -2.60. The molecule has 1 aromatic rings. The molecule has 1 unspecified atom stereocenters. The Labute approximate surface area is 187 Å². The summed E-state index contributed by atoms with van der Waals surface area (Å²) in [5.41, 5.74) is 1.56. The number of carbonyl (C=O) groups is 1. The molecular weight excluding hydrogens is 392 g/mol. The maximum absolute atomic E-state index is 13.1. The Morgan fingerprint density at radius 2 is 2.03 bits per heavy atom. The molecule has 6 nitrogen and oxygen atoms in total. The van der Waals surface area contributed by atoms with Crippen molar-refractivity contribution in [1.82, 2.24) is 9.80 Å². The van der Waals surface area contributed by atoms with E-state index in [4.69, 9.17) is 14.2 Å². The first-order valence-electron chi connectivity index (χ1n) is 11.8. The number of nitrogens with zero attached hydrogens (tertiary/aromatic N) is 2. The van der Waals surface area contributed by atoms with Gasteiger partial charge in [0.25, 0.3) is 5.91 Å². The Hall–Kier alpha value is -1.63. The van der Waals surface area contributed by atoms with E-state index in [1.54, 1.807) is 7.11 Å². The topological polar surface area (TPSA) is 51.2 Å². The summed E-state index contributed by atoms with van der Waals surface area (Å²) in [6, 6.07) is 5.75. The van der Waals surface area contributed by atoms with Crippen molar-refractivity contribution >= 4 is 5.91 Å². The van der Waals surface area contributed by atoms with Crippen LogP contribution in [0.2, 0.25) is 0 Å². The fraction of sp³-hybridized carbons (Fsp3) is 0.720. The summed E-state index contributed by atoms with van der Waals surface area (Å²) in [7, 11) is 1.74. The van der Waals surface area contributed by atoms with E-state index in [1.165, 1.54) is 12.8 Å². The molecule has 1 spiro atoms. The normalized spacial score (nSPS) is 21.6. The fourth-order valence-electron chi connectivity index (χ4n) is 4.76. The number of hydrogen-bond donors (Lipinski definition) is 0. The van der Waals surface area contributed by atoms with E-state index in [0.717, 1.165) is 62.4 Å². The molecular formula is C25H40N2O4. The van der Waals surface area contributed by atoms with Gasteiger partial charge in [0.2, 0.25) is 0 Å². The van der Waals surface area contributed by atoms with Gasteiger partial charge in [-0.1, -0.05) is 13.3 Å². The van der Waals surface area contributed by atoms with Crippen LogP contribution in [0.5, 0.6) is 5.75 Å². The molecule has 2 aliphatic rings. The minimum Gasteiger partial charge on any atom is -0.491 e. The number of ether oxygens (including phenoxy) is 3. The van der Waals surface area contributed by atoms with Crippen LogP contribution in [0.1, 0.15) is 62.4 Å². The Bertz CT molecular complexity index is 728. The number of rotatable bonds is 8. The predicted octanol–water partition coefficient (Wildman–Crippen LogP) is 3.90. The minimum absolute atomic E-state index is 0.0983. The van der Waals surface area contributed by atoms with Gasteiger partial charge in [0.15, 0.2) is 0 Å². The maximum Gasteiger partial charge on any atom is 0.253 e. The minimum atomic E-state index is -0.170. The number of benzene rings is 1. The fourth-order valence-corrected chi connectivity index (χ4v) is 4.76. The number of piperidine rings is 1. The van der Waals surface area contributed by atoms with E-state index < -0.39 is 0 Å². The van der Waals surface area contributed by atoms with Gasteiger partial charge in [-0.25, -0.2) is 0 Å². The number of likely N-dealkylation sites (tertiary alicyclic amines) is 1. The largest absolute Gasteiger partial charge is 0.491 e. The SMILES string of the molecule is CCCCN1CC(COC)OC2(CCN(C(=O)c3ccc(OC(C)C)c(C)c3)CC2)C1. The molecule has 2 heterocycles. The molecule has 2 saturated heterocycles. The van der Waals surface area contributed by atoms with Crippen LogP contribution in [0.3, 0.4) is 0 Å². The lowest BCUT2D eigenvalue weighted by Gasteiger charge is -2.50. The van der Waals surface area contributed by atoms with Crippen molar-refractivity contribution in [3.05, 3.63) is 29.3 Å². The third-order valence-electron chi connectivity index (χ3n) is 6.32. The van der Waals surface area contributed by atoms with Gasteiger partial charge in [0, 0.05) is 38.9 Å². The van der Waals surface area contributed by atoms with Gasteiger partial charge in [-0.3, -0.25) is 9.69 Å². The standard InChI is InChI=1S/C25H40N2O4/c1-6-7-12-26-16-22(17-29-5)31-25(18-26)10-13-27(14-11-25)24(28)21-8-9-23(20(4)15-21)30-19(2)3/h8-9,15,19,22H,6-7,10-14,16-18H2,1-5H3. The van der Waals surface area contributed by atoms with Crippen molar-refractivity contribution in [2.45, 2.75) is 71.2 Å². The number of carbonyl (C=O) groups excluding carboxylic acids is 1. The van der Waals surface area contributed by atoms with Gasteiger partial charge in [0.05, 0.1) is 24.4 Å². The van der Waals surface area contributed by atoms with Crippen LogP contribution in [-0.2, 0) is 9.47 Å². The average Bonchev–Trinajstić information content (AvgIpc) is 2.73. The molecule has 0 bridgehead atoms. The molecule has 174 valence electrons. The lowest BCUT2D eigenvalue weighted by molar-refractivity contribution is -0.185. The molecule has 1 amide bonds. The van der Waals surface area contributed by atoms with Gasteiger partial charge in [-0.05, 0) is 70.3 Å². The Balaban J connectivity index is 1.63. The highest BCUT2D eigenvalue weighted by Gasteiger charge is 2.43. The van der Waals surface area contributed by atoms with E-state index >= 15 is 0 Å². The second-order valence-electron chi connectivity index (χ2n) is 9.41. The monoisotopic (exact) mass is 432 g/mol. The average molecular weight is 433 g/mol. The van der Waals surface area contributed by atoms with Crippen LogP contribution in [0, 0.1) is 6.92 Å². The van der Waals surface area contributed by atoms with Crippen LogP contribution < -0.4 is 4.74 Å². The number of amides is 1. The highest BCUT2D eigenvalue weighted by Crippen LogP contribution is 2.33. The molecule has 31 heavy (non-hydrogen) atoms. The Kier molecular flexibility index (Phi) is 8.36. The van der Waals surface area contributed by atoms with Gasteiger partial charge < -0.3 is 19.1 Å². The summed E-state index contributed by atoms with van der Waals surface area (Å²) in [4.78, 5) is 17.7. The van der Waals surface area contributed by atoms with E-state index in [9.17, 15) is 4.79 Å². The Morgan fingerprint density at radius 1 is 1.29 bits per heavy atom. The highest BCUT2D eigenvalue weighted by molar-refractivity contribution is 5.94. The van der Waals surface area contributed by atoms with Gasteiger partial charge in [-0.15, -0.1) is 0 Å². The molecule has 1 aromatic carbocycles. The van der Waals surface area contributed by atoms with Crippen molar-refractivity contribution in [2.75, 3.05) is 46.4 Å². The first-order valence-corrected chi connectivity index (χ1v) is 11.8. The summed E-state index contributed by atoms with van der Waals surface area (Å²) in [6.07, 6.45) is 4.37. The van der Waals surface area contributed by atoms with Crippen LogP contribution in [0.4, 0.5) is 0 Å². The number of methoxy groups -OCH3 is 1. The van der Waals surface area contributed by atoms with E-state index in [1.807, 2.05) is 43.9 Å². The number of aryl methyl sites for hydroxylation is 1. The quantitative estimate of drug-likeness (QED) is 0.624. The van der Waals surface area contributed by atoms with Crippen molar-refractivity contribution in [1.29, 1.82) is 0 Å². The van der Waals surface area contributed by atoms with Crippen LogP contribution >= 0.6 is 0 Å². The summed E-state index contributed by atoms with van der Waals surface area (Å²) in [5.74, 6) is 0.942. The third kappa shape index (κ3) is 6.21. The molecule has 0 aliphatic carbocycles. The van der Waals surface area contributed by atoms with Crippen LogP contribution in [0.15, 0.2) is 18.2 Å². The molecule has 0 aromatic heterocycles. The van der Waals surface area contributed by atoms with Gasteiger partial charge >= 0.3 is 0 Å². The zero-order valence-electron chi connectivity index (χ0n) is 20.0. The molecule has 1 atom stereocenters. The summed E-state index contributed by atoms with van der Waals surface area (Å²) < 4.78 is 17.8. The second-order valence-corrected chi connectivity index (χ2v) is 9.41. The number of hydrogen-bond acceptors (Lipinski definition) is 5. The predicted molar refractivity (Wildman–Crippen MR) is 123 cm³/mol. The third-order valence-corrected chi connectivity index (χ3v) is 6.32. The smallest absolute Gasteiger partial charge is 0.253 e. The van der Waals surface area contributed by atoms with Crippen molar-refractivity contribution in [3.63, 3.8) is 0 Å². The number of morpholine rings is 1. The molecule has 0 N–H and O–H groups in total. The zero-order valence-corrected chi connectivity index (χ0v) is 20.0. The first kappa shape index (κ1) is 24.0. The van der Waals surface area contributed by atoms with E-state index in [0.29, 0.717) is 6.61 Å². The molecule has 2 aliphatic heterocycles. The summed E-state index contributed by atoms with van der Waals surface area (Å²) in [6.45, 7) is 13.3. The molecule has 0 radical (unpaired) electrons. The number of unbranched alkanes of at least 4 members (excludes halogenated alkanes) is 1. The van der Waals surface area contributed by atoms with E-state index in [-0.39, 0.29) is 23.7 Å². The molecule has 6 heteroatoms. The van der Waals surface area contributed by atoms with Crippen molar-refractivity contribution in [3.8, 4) is 5.75 Å². The highest BCUT2D eigenvalue weighted by atomic mass is 16.5. The first-order chi connectivity index (χ1) is 14.9. The van der Waals surface area contributed by atoms with Gasteiger partial charge in [0.1, 0.15) is 5.75 Å². The summed E-state index contributed by atoms with van der Waals surface area (Å²) >= 11 is 0. The molecule has 0 saturated carbocycles.